The van der Waals surface area contributed by atoms with Gasteiger partial charge in [0.1, 0.15) is 12.3 Å². The van der Waals surface area contributed by atoms with E-state index in [4.69, 9.17) is 11.1 Å². The fourth-order valence-electron chi connectivity index (χ4n) is 5.36. The van der Waals surface area contributed by atoms with E-state index in [1.807, 2.05) is 42.5 Å². The summed E-state index contributed by atoms with van der Waals surface area (Å²) in [4.78, 5) is 40.3. The average Bonchev–Trinajstić information content (AvgIpc) is 3.27. The number of benzene rings is 2. The maximum absolute atomic E-state index is 13.1. The third-order valence-electron chi connectivity index (χ3n) is 7.48. The zero-order valence-corrected chi connectivity index (χ0v) is 21.3. The van der Waals surface area contributed by atoms with Crippen LogP contribution in [0.3, 0.4) is 0 Å². The zero-order valence-electron chi connectivity index (χ0n) is 21.3. The number of likely N-dealkylation sites (N-methyl/N-ethyl adjacent to an activating group) is 1. The average molecular weight is 502 g/mol. The van der Waals surface area contributed by atoms with Crippen molar-refractivity contribution >= 4 is 23.8 Å². The molecule has 2 aromatic rings. The molecule has 1 atom stereocenters. The molecule has 0 spiro atoms. The van der Waals surface area contributed by atoms with E-state index < -0.39 is 6.04 Å². The highest BCUT2D eigenvalue weighted by molar-refractivity contribution is 6.10. The van der Waals surface area contributed by atoms with Crippen LogP contribution in [0.5, 0.6) is 0 Å². The molecule has 0 radical (unpaired) electrons. The molecule has 8 heteroatoms. The molecule has 4 rings (SSSR count). The predicted octanol–water partition coefficient (Wildman–Crippen LogP) is 2.83. The van der Waals surface area contributed by atoms with Gasteiger partial charge in [-0.25, -0.2) is 0 Å². The van der Waals surface area contributed by atoms with Crippen molar-refractivity contribution < 1.29 is 14.4 Å². The third kappa shape index (κ3) is 5.80. The minimum atomic E-state index is -0.652. The highest BCUT2D eigenvalue weighted by Gasteiger charge is 2.36. The van der Waals surface area contributed by atoms with Gasteiger partial charge in [0.15, 0.2) is 0 Å². The molecule has 2 heterocycles. The van der Waals surface area contributed by atoms with Crippen molar-refractivity contribution in [2.75, 3.05) is 26.7 Å². The Hall–Kier alpha value is -3.78. The Labute approximate surface area is 218 Å². The number of carbonyl (C=O) groups excluding carboxylic acids is 3. The minimum Gasteiger partial charge on any atom is -0.404 e. The Bertz CT molecular complexity index is 1190. The lowest BCUT2D eigenvalue weighted by atomic mass is 9.87. The van der Waals surface area contributed by atoms with Crippen molar-refractivity contribution in [2.45, 2.75) is 44.2 Å². The number of rotatable bonds is 10. The molecule has 8 nitrogen and oxygen atoms in total. The van der Waals surface area contributed by atoms with Crippen molar-refractivity contribution in [2.24, 2.45) is 5.73 Å². The molecule has 37 heavy (non-hydrogen) atoms. The summed E-state index contributed by atoms with van der Waals surface area (Å²) in [6.45, 7) is 2.82. The molecule has 194 valence electrons. The van der Waals surface area contributed by atoms with E-state index in [0.29, 0.717) is 36.7 Å². The summed E-state index contributed by atoms with van der Waals surface area (Å²) in [6.07, 6.45) is 4.83. The van der Waals surface area contributed by atoms with Gasteiger partial charge in [0.05, 0.1) is 5.71 Å². The van der Waals surface area contributed by atoms with Gasteiger partial charge in [-0.05, 0) is 61.0 Å². The van der Waals surface area contributed by atoms with Crippen LogP contribution in [0.1, 0.15) is 58.6 Å². The lowest BCUT2D eigenvalue weighted by Gasteiger charge is -2.33. The summed E-state index contributed by atoms with van der Waals surface area (Å²) < 4.78 is 0. The Morgan fingerprint density at radius 2 is 1.92 bits per heavy atom. The number of nitrogens with one attached hydrogen (secondary N) is 2. The van der Waals surface area contributed by atoms with E-state index in [0.717, 1.165) is 48.9 Å². The zero-order chi connectivity index (χ0) is 26.4. The van der Waals surface area contributed by atoms with Gasteiger partial charge in [0, 0.05) is 43.9 Å². The Balaban J connectivity index is 1.38. The SMILES string of the molecule is CNC(=O)C(CCC=O)N1Cc2cc(C3CCN(C/C(=C/N)C(=N)c4ccccc4)CC3)ccc2C1=O. The van der Waals surface area contributed by atoms with E-state index in [1.54, 1.807) is 18.1 Å². The normalized spacial score (nSPS) is 17.4. The number of nitrogens with zero attached hydrogens (tertiary/aromatic N) is 2. The van der Waals surface area contributed by atoms with Gasteiger partial charge in [-0.15, -0.1) is 0 Å². The fourth-order valence-corrected chi connectivity index (χ4v) is 5.36. The number of piperidine rings is 1. The monoisotopic (exact) mass is 501 g/mol. The van der Waals surface area contributed by atoms with Crippen molar-refractivity contribution in [3.8, 4) is 0 Å². The number of amides is 2. The van der Waals surface area contributed by atoms with Crippen LogP contribution in [0.2, 0.25) is 0 Å². The quantitative estimate of drug-likeness (QED) is 0.342. The van der Waals surface area contributed by atoms with E-state index in [9.17, 15) is 14.4 Å². The predicted molar refractivity (Wildman–Crippen MR) is 143 cm³/mol. The van der Waals surface area contributed by atoms with Gasteiger partial charge in [0.25, 0.3) is 5.91 Å². The van der Waals surface area contributed by atoms with Gasteiger partial charge < -0.3 is 20.7 Å². The van der Waals surface area contributed by atoms with Gasteiger partial charge in [-0.1, -0.05) is 42.5 Å². The van der Waals surface area contributed by atoms with Crippen LogP contribution < -0.4 is 11.1 Å². The van der Waals surface area contributed by atoms with E-state index in [1.165, 1.54) is 5.56 Å². The number of nitrogens with two attached hydrogens (primary N) is 1. The highest BCUT2D eigenvalue weighted by atomic mass is 16.2. The molecule has 0 aromatic heterocycles. The third-order valence-corrected chi connectivity index (χ3v) is 7.48. The Kier molecular flexibility index (Phi) is 8.50. The molecule has 2 aromatic carbocycles. The van der Waals surface area contributed by atoms with Crippen molar-refractivity contribution in [3.05, 3.63) is 82.6 Å². The van der Waals surface area contributed by atoms with E-state index in [2.05, 4.69) is 16.3 Å². The lowest BCUT2D eigenvalue weighted by molar-refractivity contribution is -0.125. The number of hydrogen-bond donors (Lipinski definition) is 3. The van der Waals surface area contributed by atoms with Crippen LogP contribution in [-0.2, 0) is 16.1 Å². The second-order valence-corrected chi connectivity index (χ2v) is 9.71. The first-order chi connectivity index (χ1) is 18.0. The molecule has 0 bridgehead atoms. The molecule has 2 aliphatic heterocycles. The summed E-state index contributed by atoms with van der Waals surface area (Å²) in [6, 6.07) is 15.0. The molecule has 1 fully saturated rings. The largest absolute Gasteiger partial charge is 0.404 e. The molecule has 1 saturated heterocycles. The van der Waals surface area contributed by atoms with Crippen molar-refractivity contribution in [3.63, 3.8) is 0 Å². The summed E-state index contributed by atoms with van der Waals surface area (Å²) in [7, 11) is 1.55. The second-order valence-electron chi connectivity index (χ2n) is 9.71. The van der Waals surface area contributed by atoms with Crippen LogP contribution in [0.15, 0.2) is 60.3 Å². The van der Waals surface area contributed by atoms with Gasteiger partial charge in [-0.3, -0.25) is 19.9 Å². The number of aldehydes is 1. The van der Waals surface area contributed by atoms with Crippen LogP contribution in [0, 0.1) is 5.41 Å². The van der Waals surface area contributed by atoms with E-state index >= 15 is 0 Å². The molecule has 4 N–H and O–H groups in total. The van der Waals surface area contributed by atoms with Crippen LogP contribution >= 0.6 is 0 Å². The molecule has 0 aliphatic carbocycles. The topological polar surface area (TPSA) is 120 Å². The first-order valence-electron chi connectivity index (χ1n) is 12.8. The fraction of sp³-hybridized carbons (Fsp3) is 0.379. The molecular weight excluding hydrogens is 466 g/mol. The Morgan fingerprint density at radius 1 is 1.19 bits per heavy atom. The molecular formula is C29H35N5O3. The Morgan fingerprint density at radius 3 is 2.57 bits per heavy atom. The van der Waals surface area contributed by atoms with Crippen LogP contribution in [-0.4, -0.2) is 66.3 Å². The van der Waals surface area contributed by atoms with Crippen molar-refractivity contribution in [1.29, 1.82) is 5.41 Å². The molecule has 2 amide bonds. The van der Waals surface area contributed by atoms with Crippen LogP contribution in [0.25, 0.3) is 0 Å². The lowest BCUT2D eigenvalue weighted by Crippen LogP contribution is -2.46. The number of likely N-dealkylation sites (tertiary alicyclic amines) is 1. The first-order valence-corrected chi connectivity index (χ1v) is 12.8. The summed E-state index contributed by atoms with van der Waals surface area (Å²) in [5.74, 6) is -0.0194. The summed E-state index contributed by atoms with van der Waals surface area (Å²) in [5, 5.41) is 11.2. The highest BCUT2D eigenvalue weighted by Crippen LogP contribution is 2.33. The molecule has 2 aliphatic rings. The second kappa shape index (κ2) is 12.0. The standard InChI is InChI=1S/C29H35N5O3/c1-32-28(36)26(8-5-15-35)34-19-23-16-22(9-10-25(23)29(34)37)20-11-13-33(14-12-20)18-24(17-30)27(31)21-6-3-2-4-7-21/h2-4,6-7,9-10,15-17,20,26,31H,5,8,11-14,18-19,30H2,1H3,(H,32,36)/b24-17-,31-27?. The maximum Gasteiger partial charge on any atom is 0.255 e. The number of hydrogen-bond acceptors (Lipinski definition) is 6. The van der Waals surface area contributed by atoms with E-state index in [-0.39, 0.29) is 18.2 Å². The smallest absolute Gasteiger partial charge is 0.255 e. The van der Waals surface area contributed by atoms with Gasteiger partial charge in [-0.2, -0.15) is 0 Å². The maximum atomic E-state index is 13.1. The first kappa shape index (κ1) is 26.3. The minimum absolute atomic E-state index is 0.155. The van der Waals surface area contributed by atoms with Gasteiger partial charge in [0.2, 0.25) is 5.91 Å². The number of carbonyl (C=O) groups is 3. The van der Waals surface area contributed by atoms with Crippen LogP contribution in [0.4, 0.5) is 0 Å². The molecule has 0 saturated carbocycles. The van der Waals surface area contributed by atoms with Gasteiger partial charge >= 0.3 is 0 Å². The number of fused-ring (bicyclic) bond motifs is 1. The van der Waals surface area contributed by atoms with Crippen molar-refractivity contribution in [1.82, 2.24) is 15.1 Å². The summed E-state index contributed by atoms with van der Waals surface area (Å²) >= 11 is 0. The molecule has 1 unspecified atom stereocenters. The summed E-state index contributed by atoms with van der Waals surface area (Å²) in [5.41, 5.74) is 10.8.